The Balaban J connectivity index is 1.76. The van der Waals surface area contributed by atoms with Gasteiger partial charge in [-0.05, 0) is 30.7 Å². The Bertz CT molecular complexity index is 903. The van der Waals surface area contributed by atoms with Crippen LogP contribution in [-0.2, 0) is 22.3 Å². The summed E-state index contributed by atoms with van der Waals surface area (Å²) in [5.74, 6) is 4.63. The van der Waals surface area contributed by atoms with Crippen LogP contribution in [0, 0.1) is 11.8 Å². The lowest BCUT2D eigenvalue weighted by atomic mass is 10.1. The number of alkyl carbamates (subject to hydrolysis) is 1. The van der Waals surface area contributed by atoms with E-state index in [4.69, 9.17) is 4.74 Å². The summed E-state index contributed by atoms with van der Waals surface area (Å²) in [5, 5.41) is 4.86. The molecule has 0 fully saturated rings. The van der Waals surface area contributed by atoms with Gasteiger partial charge in [0.2, 0.25) is 5.91 Å². The maximum Gasteiger partial charge on any atom is 0.416 e. The van der Waals surface area contributed by atoms with Crippen LogP contribution >= 0.6 is 0 Å². The Morgan fingerprint density at radius 3 is 2.52 bits per heavy atom. The minimum absolute atomic E-state index is 0.0729. The van der Waals surface area contributed by atoms with Gasteiger partial charge >= 0.3 is 12.3 Å². The molecule has 0 bridgehead atoms. The average Bonchev–Trinajstić information content (AvgIpc) is 2.70. The van der Waals surface area contributed by atoms with Crippen molar-refractivity contribution in [3.05, 3.63) is 71.3 Å². The van der Waals surface area contributed by atoms with Crippen molar-refractivity contribution in [3.8, 4) is 11.8 Å². The predicted octanol–water partition coefficient (Wildman–Crippen LogP) is 3.49. The van der Waals surface area contributed by atoms with Gasteiger partial charge in [-0.2, -0.15) is 13.2 Å². The van der Waals surface area contributed by atoms with Gasteiger partial charge in [-0.1, -0.05) is 48.2 Å². The van der Waals surface area contributed by atoms with E-state index in [1.54, 1.807) is 12.1 Å². The van der Waals surface area contributed by atoms with Crippen LogP contribution in [0.2, 0.25) is 0 Å². The lowest BCUT2D eigenvalue weighted by molar-refractivity contribution is -0.137. The topological polar surface area (TPSA) is 67.4 Å². The van der Waals surface area contributed by atoms with E-state index in [1.807, 2.05) is 18.2 Å². The quantitative estimate of drug-likeness (QED) is 0.750. The predicted molar refractivity (Wildman–Crippen MR) is 101 cm³/mol. The SMILES string of the molecule is C[C@H](NC(=O)OCc1ccccc1)C(=O)NCC#Cc1cccc(C(F)(F)F)c1. The Labute approximate surface area is 166 Å². The van der Waals surface area contributed by atoms with Crippen LogP contribution in [0.5, 0.6) is 0 Å². The van der Waals surface area contributed by atoms with E-state index < -0.39 is 29.8 Å². The van der Waals surface area contributed by atoms with Crippen molar-refractivity contribution in [3.63, 3.8) is 0 Å². The molecule has 0 radical (unpaired) electrons. The van der Waals surface area contributed by atoms with Crippen LogP contribution < -0.4 is 10.6 Å². The molecule has 0 saturated carbocycles. The largest absolute Gasteiger partial charge is 0.445 e. The van der Waals surface area contributed by atoms with E-state index in [2.05, 4.69) is 22.5 Å². The van der Waals surface area contributed by atoms with E-state index in [1.165, 1.54) is 19.1 Å². The second kappa shape index (κ2) is 10.2. The molecule has 2 amide bonds. The molecule has 0 heterocycles. The van der Waals surface area contributed by atoms with Gasteiger partial charge in [0.15, 0.2) is 0 Å². The number of ether oxygens (including phenoxy) is 1. The van der Waals surface area contributed by atoms with Gasteiger partial charge in [0.25, 0.3) is 0 Å². The summed E-state index contributed by atoms with van der Waals surface area (Å²) in [5.41, 5.74) is 0.203. The minimum atomic E-state index is -4.44. The zero-order chi connectivity index (χ0) is 21.3. The van der Waals surface area contributed by atoms with Crippen LogP contribution in [0.4, 0.5) is 18.0 Å². The van der Waals surface area contributed by atoms with E-state index in [0.29, 0.717) is 0 Å². The standard InChI is InChI=1S/C21H19F3N2O3/c1-15(26-20(28)29-14-17-7-3-2-4-8-17)19(27)25-12-6-10-16-9-5-11-18(13-16)21(22,23)24/h2-5,7-9,11,13,15H,12,14H2,1H3,(H,25,27)(H,26,28)/t15-/m0/s1. The van der Waals surface area contributed by atoms with E-state index in [0.717, 1.165) is 17.7 Å². The zero-order valence-electron chi connectivity index (χ0n) is 15.5. The third-order valence-electron chi connectivity index (χ3n) is 3.71. The molecule has 0 spiro atoms. The Kier molecular flexibility index (Phi) is 7.66. The first-order valence-corrected chi connectivity index (χ1v) is 8.67. The summed E-state index contributed by atoms with van der Waals surface area (Å²) in [6.45, 7) is 1.46. The lowest BCUT2D eigenvalue weighted by Gasteiger charge is -2.13. The molecule has 2 aromatic rings. The number of amides is 2. The third kappa shape index (κ3) is 7.58. The summed E-state index contributed by atoms with van der Waals surface area (Å²) in [6.07, 6.45) is -5.19. The van der Waals surface area contributed by atoms with Crippen molar-refractivity contribution >= 4 is 12.0 Å². The van der Waals surface area contributed by atoms with Gasteiger partial charge in [0, 0.05) is 5.56 Å². The molecule has 0 saturated heterocycles. The fourth-order valence-corrected chi connectivity index (χ4v) is 2.21. The highest BCUT2D eigenvalue weighted by Gasteiger charge is 2.30. The van der Waals surface area contributed by atoms with Crippen LogP contribution in [0.25, 0.3) is 0 Å². The highest BCUT2D eigenvalue weighted by molar-refractivity contribution is 5.85. The monoisotopic (exact) mass is 404 g/mol. The molecule has 0 aliphatic carbocycles. The fourth-order valence-electron chi connectivity index (χ4n) is 2.21. The molecule has 2 N–H and O–H groups in total. The molecule has 8 heteroatoms. The highest BCUT2D eigenvalue weighted by Crippen LogP contribution is 2.29. The molecule has 1 atom stereocenters. The van der Waals surface area contributed by atoms with E-state index in [9.17, 15) is 22.8 Å². The van der Waals surface area contributed by atoms with Crippen LogP contribution in [0.3, 0.4) is 0 Å². The van der Waals surface area contributed by atoms with Crippen molar-refractivity contribution in [2.24, 2.45) is 0 Å². The second-order valence-corrected chi connectivity index (χ2v) is 6.03. The zero-order valence-corrected chi connectivity index (χ0v) is 15.5. The third-order valence-corrected chi connectivity index (χ3v) is 3.71. The smallest absolute Gasteiger partial charge is 0.416 e. The maximum atomic E-state index is 12.7. The number of carbonyl (C=O) groups excluding carboxylic acids is 2. The fraction of sp³-hybridized carbons (Fsp3) is 0.238. The second-order valence-electron chi connectivity index (χ2n) is 6.03. The van der Waals surface area contributed by atoms with Crippen molar-refractivity contribution in [1.29, 1.82) is 0 Å². The number of hydrogen-bond acceptors (Lipinski definition) is 3. The summed E-state index contributed by atoms with van der Waals surface area (Å²) in [6, 6.07) is 12.8. The maximum absolute atomic E-state index is 12.7. The first kappa shape index (κ1) is 21.8. The van der Waals surface area contributed by atoms with Crippen molar-refractivity contribution in [1.82, 2.24) is 10.6 Å². The molecule has 0 aliphatic heterocycles. The summed E-state index contributed by atoms with van der Waals surface area (Å²) < 4.78 is 43.0. The molecule has 0 aromatic heterocycles. The molecule has 5 nitrogen and oxygen atoms in total. The average molecular weight is 404 g/mol. The molecule has 29 heavy (non-hydrogen) atoms. The first-order valence-electron chi connectivity index (χ1n) is 8.67. The lowest BCUT2D eigenvalue weighted by Crippen LogP contribution is -2.45. The van der Waals surface area contributed by atoms with Crippen molar-refractivity contribution in [2.45, 2.75) is 25.7 Å². The van der Waals surface area contributed by atoms with Gasteiger partial charge < -0.3 is 15.4 Å². The Morgan fingerprint density at radius 2 is 1.83 bits per heavy atom. The number of rotatable bonds is 5. The molecule has 0 aliphatic rings. The number of hydrogen-bond donors (Lipinski definition) is 2. The van der Waals surface area contributed by atoms with Crippen LogP contribution in [0.15, 0.2) is 54.6 Å². The molecule has 152 valence electrons. The number of benzene rings is 2. The van der Waals surface area contributed by atoms with Gasteiger partial charge in [0.05, 0.1) is 12.1 Å². The van der Waals surface area contributed by atoms with E-state index in [-0.39, 0.29) is 18.7 Å². The van der Waals surface area contributed by atoms with Gasteiger partial charge in [-0.25, -0.2) is 4.79 Å². The Morgan fingerprint density at radius 1 is 1.10 bits per heavy atom. The molecule has 0 unspecified atom stereocenters. The van der Waals surface area contributed by atoms with Crippen LogP contribution in [-0.4, -0.2) is 24.6 Å². The number of alkyl halides is 3. The van der Waals surface area contributed by atoms with Gasteiger partial charge in [-0.15, -0.1) is 0 Å². The molecular formula is C21H19F3N2O3. The first-order chi connectivity index (χ1) is 13.8. The van der Waals surface area contributed by atoms with Crippen molar-refractivity contribution in [2.75, 3.05) is 6.54 Å². The number of nitrogens with one attached hydrogen (secondary N) is 2. The van der Waals surface area contributed by atoms with Gasteiger partial charge in [0.1, 0.15) is 12.6 Å². The summed E-state index contributed by atoms with van der Waals surface area (Å²) >= 11 is 0. The molecule has 2 rings (SSSR count). The van der Waals surface area contributed by atoms with E-state index >= 15 is 0 Å². The summed E-state index contributed by atoms with van der Waals surface area (Å²) in [7, 11) is 0. The Hall–Kier alpha value is -3.47. The number of carbonyl (C=O) groups is 2. The molecule has 2 aromatic carbocycles. The highest BCUT2D eigenvalue weighted by atomic mass is 19.4. The number of halogens is 3. The summed E-state index contributed by atoms with van der Waals surface area (Å²) in [4.78, 5) is 23.7. The minimum Gasteiger partial charge on any atom is -0.445 e. The van der Waals surface area contributed by atoms with Gasteiger partial charge in [-0.3, -0.25) is 4.79 Å². The molecular weight excluding hydrogens is 385 g/mol. The van der Waals surface area contributed by atoms with Crippen molar-refractivity contribution < 1.29 is 27.5 Å². The normalized spacial score (nSPS) is 11.6. The van der Waals surface area contributed by atoms with Crippen LogP contribution in [0.1, 0.15) is 23.6 Å².